The molecule has 1 heterocycles. The Morgan fingerprint density at radius 3 is 2.84 bits per heavy atom. The summed E-state index contributed by atoms with van der Waals surface area (Å²) in [5.41, 5.74) is 6.76. The second-order valence-corrected chi connectivity index (χ2v) is 5.04. The summed E-state index contributed by atoms with van der Waals surface area (Å²) in [6, 6.07) is 6.31. The molecule has 3 N–H and O–H groups in total. The standard InChI is InChI=1S/C14H20FN3O/c15-12-5-3-11(4-6-12)8-17-14(19)10-18-7-1-2-13(16)9-18/h3-6,13H,1-2,7-10,16H2,(H,17,19)/t13-/m1/s1. The van der Waals surface area contributed by atoms with Crippen molar-refractivity contribution in [1.29, 1.82) is 0 Å². The number of hydrogen-bond donors (Lipinski definition) is 2. The molecule has 1 atom stereocenters. The Labute approximate surface area is 112 Å². The number of nitrogens with two attached hydrogens (primary N) is 1. The minimum Gasteiger partial charge on any atom is -0.351 e. The first kappa shape index (κ1) is 14.0. The molecular weight excluding hydrogens is 245 g/mol. The van der Waals surface area contributed by atoms with E-state index in [1.165, 1.54) is 12.1 Å². The van der Waals surface area contributed by atoms with Gasteiger partial charge in [0.05, 0.1) is 6.54 Å². The first-order chi connectivity index (χ1) is 9.13. The van der Waals surface area contributed by atoms with Crippen LogP contribution in [-0.2, 0) is 11.3 Å². The van der Waals surface area contributed by atoms with Crippen LogP contribution in [0, 0.1) is 5.82 Å². The summed E-state index contributed by atoms with van der Waals surface area (Å²) >= 11 is 0. The summed E-state index contributed by atoms with van der Waals surface area (Å²) in [7, 11) is 0. The van der Waals surface area contributed by atoms with E-state index >= 15 is 0 Å². The summed E-state index contributed by atoms with van der Waals surface area (Å²) in [6.07, 6.45) is 2.08. The van der Waals surface area contributed by atoms with Gasteiger partial charge < -0.3 is 11.1 Å². The Bertz CT molecular complexity index is 421. The van der Waals surface area contributed by atoms with E-state index in [4.69, 9.17) is 5.73 Å². The molecule has 1 aromatic rings. The molecule has 1 aliphatic heterocycles. The van der Waals surface area contributed by atoms with Crippen LogP contribution in [0.3, 0.4) is 0 Å². The molecule has 1 saturated heterocycles. The Kier molecular flexibility index (Phi) is 4.87. The van der Waals surface area contributed by atoms with Crippen LogP contribution < -0.4 is 11.1 Å². The van der Waals surface area contributed by atoms with Crippen molar-refractivity contribution in [2.45, 2.75) is 25.4 Å². The third-order valence-electron chi connectivity index (χ3n) is 3.31. The lowest BCUT2D eigenvalue weighted by molar-refractivity contribution is -0.122. The fraction of sp³-hybridized carbons (Fsp3) is 0.500. The van der Waals surface area contributed by atoms with E-state index in [9.17, 15) is 9.18 Å². The number of piperidine rings is 1. The fourth-order valence-corrected chi connectivity index (χ4v) is 2.30. The molecular formula is C14H20FN3O. The zero-order chi connectivity index (χ0) is 13.7. The first-order valence-corrected chi connectivity index (χ1v) is 6.62. The van der Waals surface area contributed by atoms with Crippen molar-refractivity contribution < 1.29 is 9.18 Å². The van der Waals surface area contributed by atoms with Crippen LogP contribution in [0.4, 0.5) is 4.39 Å². The van der Waals surface area contributed by atoms with Gasteiger partial charge in [0.25, 0.3) is 0 Å². The number of likely N-dealkylation sites (tertiary alicyclic amines) is 1. The topological polar surface area (TPSA) is 58.4 Å². The maximum Gasteiger partial charge on any atom is 0.234 e. The van der Waals surface area contributed by atoms with Crippen molar-refractivity contribution in [1.82, 2.24) is 10.2 Å². The van der Waals surface area contributed by atoms with E-state index in [2.05, 4.69) is 10.2 Å². The smallest absolute Gasteiger partial charge is 0.234 e. The number of benzene rings is 1. The van der Waals surface area contributed by atoms with Gasteiger partial charge in [-0.1, -0.05) is 12.1 Å². The minimum absolute atomic E-state index is 0.0153. The van der Waals surface area contributed by atoms with E-state index in [-0.39, 0.29) is 17.8 Å². The molecule has 5 heteroatoms. The highest BCUT2D eigenvalue weighted by Gasteiger charge is 2.18. The number of nitrogens with one attached hydrogen (secondary N) is 1. The molecule has 2 rings (SSSR count). The Morgan fingerprint density at radius 1 is 1.42 bits per heavy atom. The van der Waals surface area contributed by atoms with Gasteiger partial charge in [-0.05, 0) is 37.1 Å². The predicted molar refractivity (Wildman–Crippen MR) is 71.9 cm³/mol. The monoisotopic (exact) mass is 265 g/mol. The highest BCUT2D eigenvalue weighted by atomic mass is 19.1. The molecule has 1 fully saturated rings. The zero-order valence-corrected chi connectivity index (χ0v) is 10.9. The second kappa shape index (κ2) is 6.63. The summed E-state index contributed by atoms with van der Waals surface area (Å²) in [5.74, 6) is -0.282. The van der Waals surface area contributed by atoms with Crippen LogP contribution in [0.15, 0.2) is 24.3 Å². The van der Waals surface area contributed by atoms with Crippen LogP contribution in [0.5, 0.6) is 0 Å². The summed E-state index contributed by atoms with van der Waals surface area (Å²) in [5, 5.41) is 2.84. The van der Waals surface area contributed by atoms with Gasteiger partial charge in [0.15, 0.2) is 0 Å². The second-order valence-electron chi connectivity index (χ2n) is 5.04. The Balaban J connectivity index is 1.73. The number of carbonyl (C=O) groups excluding carboxylic acids is 1. The van der Waals surface area contributed by atoms with Crippen molar-refractivity contribution in [3.05, 3.63) is 35.6 Å². The van der Waals surface area contributed by atoms with Crippen LogP contribution >= 0.6 is 0 Å². The van der Waals surface area contributed by atoms with Crippen molar-refractivity contribution >= 4 is 5.91 Å². The Morgan fingerprint density at radius 2 is 2.16 bits per heavy atom. The van der Waals surface area contributed by atoms with E-state index in [1.54, 1.807) is 12.1 Å². The summed E-state index contributed by atoms with van der Waals surface area (Å²) in [6.45, 7) is 2.52. The number of nitrogens with zero attached hydrogens (tertiary/aromatic N) is 1. The highest BCUT2D eigenvalue weighted by molar-refractivity contribution is 5.78. The summed E-state index contributed by atoms with van der Waals surface area (Å²) < 4.78 is 12.7. The minimum atomic E-state index is -0.266. The molecule has 1 aliphatic rings. The van der Waals surface area contributed by atoms with Crippen molar-refractivity contribution in [3.8, 4) is 0 Å². The lowest BCUT2D eigenvalue weighted by Crippen LogP contribution is -2.46. The van der Waals surface area contributed by atoms with Gasteiger partial charge in [-0.3, -0.25) is 9.69 Å². The molecule has 1 amide bonds. The predicted octanol–water partition coefficient (Wildman–Crippen LogP) is 0.865. The van der Waals surface area contributed by atoms with Gasteiger partial charge in [0, 0.05) is 19.1 Å². The lowest BCUT2D eigenvalue weighted by Gasteiger charge is -2.29. The van der Waals surface area contributed by atoms with Crippen LogP contribution in [-0.4, -0.2) is 36.5 Å². The van der Waals surface area contributed by atoms with Gasteiger partial charge in [0.1, 0.15) is 5.82 Å². The van der Waals surface area contributed by atoms with Crippen molar-refractivity contribution in [2.24, 2.45) is 5.73 Å². The average Bonchev–Trinajstić information content (AvgIpc) is 2.38. The largest absolute Gasteiger partial charge is 0.351 e. The molecule has 0 radical (unpaired) electrons. The number of carbonyl (C=O) groups is 1. The molecule has 1 aromatic carbocycles. The van der Waals surface area contributed by atoms with Gasteiger partial charge >= 0.3 is 0 Å². The van der Waals surface area contributed by atoms with Crippen LogP contribution in [0.1, 0.15) is 18.4 Å². The van der Waals surface area contributed by atoms with Crippen molar-refractivity contribution in [3.63, 3.8) is 0 Å². The van der Waals surface area contributed by atoms with E-state index < -0.39 is 0 Å². The van der Waals surface area contributed by atoms with Gasteiger partial charge in [-0.2, -0.15) is 0 Å². The summed E-state index contributed by atoms with van der Waals surface area (Å²) in [4.78, 5) is 13.9. The molecule has 0 aromatic heterocycles. The lowest BCUT2D eigenvalue weighted by atomic mass is 10.1. The van der Waals surface area contributed by atoms with Gasteiger partial charge in [0.2, 0.25) is 5.91 Å². The molecule has 104 valence electrons. The quantitative estimate of drug-likeness (QED) is 0.849. The molecule has 0 saturated carbocycles. The number of hydrogen-bond acceptors (Lipinski definition) is 3. The number of halogens is 1. The fourth-order valence-electron chi connectivity index (χ4n) is 2.30. The third kappa shape index (κ3) is 4.61. The Hall–Kier alpha value is -1.46. The molecule has 19 heavy (non-hydrogen) atoms. The van der Waals surface area contributed by atoms with E-state index in [0.717, 1.165) is 31.5 Å². The molecule has 4 nitrogen and oxygen atoms in total. The van der Waals surface area contributed by atoms with E-state index in [0.29, 0.717) is 13.1 Å². The maximum atomic E-state index is 12.7. The average molecular weight is 265 g/mol. The zero-order valence-electron chi connectivity index (χ0n) is 10.9. The molecule has 0 spiro atoms. The third-order valence-corrected chi connectivity index (χ3v) is 3.31. The maximum absolute atomic E-state index is 12.7. The first-order valence-electron chi connectivity index (χ1n) is 6.62. The van der Waals surface area contributed by atoms with E-state index in [1.807, 2.05) is 0 Å². The number of amides is 1. The van der Waals surface area contributed by atoms with Crippen LogP contribution in [0.2, 0.25) is 0 Å². The van der Waals surface area contributed by atoms with Gasteiger partial charge in [-0.15, -0.1) is 0 Å². The number of rotatable bonds is 4. The van der Waals surface area contributed by atoms with Crippen molar-refractivity contribution in [2.75, 3.05) is 19.6 Å². The molecule has 0 bridgehead atoms. The molecule has 0 unspecified atom stereocenters. The normalized spacial score (nSPS) is 20.2. The SMILES string of the molecule is N[C@@H]1CCCN(CC(=O)NCc2ccc(F)cc2)C1. The molecule has 0 aliphatic carbocycles. The van der Waals surface area contributed by atoms with Gasteiger partial charge in [-0.25, -0.2) is 4.39 Å². The highest BCUT2D eigenvalue weighted by Crippen LogP contribution is 2.07. The van der Waals surface area contributed by atoms with Crippen LogP contribution in [0.25, 0.3) is 0 Å².